The molecule has 2 rings (SSSR count). The minimum atomic E-state index is -1.33. The lowest BCUT2D eigenvalue weighted by Crippen LogP contribution is -2.42. The third kappa shape index (κ3) is 5.09. The van der Waals surface area contributed by atoms with Crippen LogP contribution in [-0.4, -0.2) is 23.1 Å². The van der Waals surface area contributed by atoms with Crippen LogP contribution < -0.4 is 10.1 Å². The third-order valence-electron chi connectivity index (χ3n) is 3.56. The van der Waals surface area contributed by atoms with Gasteiger partial charge in [0, 0.05) is 5.02 Å². The fourth-order valence-electron chi connectivity index (χ4n) is 2.22. The van der Waals surface area contributed by atoms with Crippen LogP contribution in [-0.2, 0) is 9.59 Å². The number of hydrogen-bond acceptors (Lipinski definition) is 3. The Kier molecular flexibility index (Phi) is 6.83. The molecule has 0 aliphatic carbocycles. The number of nitrogens with one attached hydrogen (secondary N) is 1. The van der Waals surface area contributed by atoms with Crippen LogP contribution in [0.4, 0.5) is 4.39 Å². The number of amides is 1. The summed E-state index contributed by atoms with van der Waals surface area (Å²) < 4.78 is 18.6. The van der Waals surface area contributed by atoms with Crippen LogP contribution in [0.15, 0.2) is 42.5 Å². The Morgan fingerprint density at radius 3 is 2.38 bits per heavy atom. The molecule has 0 aliphatic rings. The smallest absolute Gasteiger partial charge is 0.330 e. The van der Waals surface area contributed by atoms with E-state index < -0.39 is 29.8 Å². The highest BCUT2D eigenvalue weighted by Gasteiger charge is 2.27. The summed E-state index contributed by atoms with van der Waals surface area (Å²) in [5.74, 6) is -2.15. The van der Waals surface area contributed by atoms with Gasteiger partial charge in [-0.25, -0.2) is 9.18 Å². The summed E-state index contributed by atoms with van der Waals surface area (Å²) in [5.41, 5.74) is 0.242. The molecule has 0 aromatic heterocycles. The average Bonchev–Trinajstić information content (AvgIpc) is 2.59. The van der Waals surface area contributed by atoms with Crippen molar-refractivity contribution in [1.29, 1.82) is 0 Å². The van der Waals surface area contributed by atoms with Crippen molar-refractivity contribution in [2.24, 2.45) is 0 Å². The molecule has 2 N–H and O–H groups in total. The number of rotatable bonds is 7. The van der Waals surface area contributed by atoms with Crippen LogP contribution in [0.5, 0.6) is 5.75 Å². The van der Waals surface area contributed by atoms with E-state index in [1.165, 1.54) is 24.3 Å². The standard InChI is InChI=1S/C18H16Cl2FNO4/c1-2-14(26-15-8-5-11(19)9-13(15)20)17(23)22-16(18(24)25)10-3-6-12(21)7-4-10/h3-9,14,16H,2H2,1H3,(H,22,23)(H,24,25). The van der Waals surface area contributed by atoms with Gasteiger partial charge in [-0.05, 0) is 42.3 Å². The molecule has 2 aromatic rings. The van der Waals surface area contributed by atoms with Gasteiger partial charge in [-0.15, -0.1) is 0 Å². The fraction of sp³-hybridized carbons (Fsp3) is 0.222. The van der Waals surface area contributed by atoms with E-state index in [2.05, 4.69) is 5.32 Å². The van der Waals surface area contributed by atoms with E-state index >= 15 is 0 Å². The quantitative estimate of drug-likeness (QED) is 0.730. The molecule has 0 aliphatic heterocycles. The Bertz CT molecular complexity index is 798. The molecular weight excluding hydrogens is 384 g/mol. The molecule has 0 spiro atoms. The number of ether oxygens (including phenoxy) is 1. The van der Waals surface area contributed by atoms with Gasteiger partial charge in [0.25, 0.3) is 5.91 Å². The average molecular weight is 400 g/mol. The first kappa shape index (κ1) is 20.0. The molecule has 0 heterocycles. The van der Waals surface area contributed by atoms with Gasteiger partial charge < -0.3 is 15.2 Å². The molecule has 8 heteroatoms. The Morgan fingerprint density at radius 1 is 1.19 bits per heavy atom. The summed E-state index contributed by atoms with van der Waals surface area (Å²) in [6, 6.07) is 8.07. The molecule has 5 nitrogen and oxygen atoms in total. The SMILES string of the molecule is CCC(Oc1ccc(Cl)cc1Cl)C(=O)NC(C(=O)O)c1ccc(F)cc1. The molecule has 2 atom stereocenters. The largest absolute Gasteiger partial charge is 0.479 e. The Hall–Kier alpha value is -2.31. The van der Waals surface area contributed by atoms with Gasteiger partial charge >= 0.3 is 5.97 Å². The summed E-state index contributed by atoms with van der Waals surface area (Å²) in [6.07, 6.45) is -0.684. The second-order valence-electron chi connectivity index (χ2n) is 5.42. The molecule has 2 aromatic carbocycles. The van der Waals surface area contributed by atoms with Gasteiger partial charge in [0.05, 0.1) is 5.02 Å². The maximum atomic E-state index is 13.0. The lowest BCUT2D eigenvalue weighted by atomic mass is 10.1. The molecular formula is C18H16Cl2FNO4. The third-order valence-corrected chi connectivity index (χ3v) is 4.09. The Morgan fingerprint density at radius 2 is 1.85 bits per heavy atom. The highest BCUT2D eigenvalue weighted by atomic mass is 35.5. The van der Waals surface area contributed by atoms with E-state index in [4.69, 9.17) is 27.9 Å². The number of carbonyl (C=O) groups is 2. The summed E-state index contributed by atoms with van der Waals surface area (Å²) in [6.45, 7) is 1.71. The molecule has 138 valence electrons. The summed E-state index contributed by atoms with van der Waals surface area (Å²) in [7, 11) is 0. The topological polar surface area (TPSA) is 75.6 Å². The van der Waals surface area contributed by atoms with Crippen LogP contribution in [0, 0.1) is 5.82 Å². The van der Waals surface area contributed by atoms with Crippen LogP contribution in [0.1, 0.15) is 24.9 Å². The maximum absolute atomic E-state index is 13.0. The molecule has 0 saturated heterocycles. The minimum Gasteiger partial charge on any atom is -0.479 e. The molecule has 0 saturated carbocycles. The van der Waals surface area contributed by atoms with Gasteiger partial charge in [-0.1, -0.05) is 42.3 Å². The Labute approximate surface area is 159 Å². The van der Waals surface area contributed by atoms with Crippen molar-refractivity contribution in [1.82, 2.24) is 5.32 Å². The van der Waals surface area contributed by atoms with Crippen molar-refractivity contribution < 1.29 is 23.8 Å². The fourth-order valence-corrected chi connectivity index (χ4v) is 2.68. The zero-order chi connectivity index (χ0) is 19.3. The molecule has 2 unspecified atom stereocenters. The Balaban J connectivity index is 2.15. The van der Waals surface area contributed by atoms with Gasteiger partial charge in [-0.3, -0.25) is 4.79 Å². The zero-order valence-corrected chi connectivity index (χ0v) is 15.2. The number of aliphatic carboxylic acids is 1. The summed E-state index contributed by atoms with van der Waals surface area (Å²) in [5, 5.41) is 12.4. The number of hydrogen-bond donors (Lipinski definition) is 2. The first-order chi connectivity index (χ1) is 12.3. The van der Waals surface area contributed by atoms with Crippen molar-refractivity contribution in [3.8, 4) is 5.75 Å². The first-order valence-electron chi connectivity index (χ1n) is 7.72. The molecule has 0 radical (unpaired) electrons. The van der Waals surface area contributed by atoms with E-state index in [0.29, 0.717) is 5.02 Å². The monoisotopic (exact) mass is 399 g/mol. The van der Waals surface area contributed by atoms with Crippen molar-refractivity contribution in [2.75, 3.05) is 0 Å². The van der Waals surface area contributed by atoms with Gasteiger partial charge in [0.2, 0.25) is 0 Å². The first-order valence-corrected chi connectivity index (χ1v) is 8.47. The van der Waals surface area contributed by atoms with Crippen LogP contribution in [0.3, 0.4) is 0 Å². The van der Waals surface area contributed by atoms with Crippen molar-refractivity contribution in [3.63, 3.8) is 0 Å². The second kappa shape index (κ2) is 8.87. The number of benzene rings is 2. The van der Waals surface area contributed by atoms with Gasteiger partial charge in [-0.2, -0.15) is 0 Å². The van der Waals surface area contributed by atoms with Crippen LogP contribution >= 0.6 is 23.2 Å². The predicted octanol–water partition coefficient (Wildman–Crippen LogP) is 4.23. The normalized spacial score (nSPS) is 12.9. The van der Waals surface area contributed by atoms with Crippen LogP contribution in [0.2, 0.25) is 10.0 Å². The maximum Gasteiger partial charge on any atom is 0.330 e. The van der Waals surface area contributed by atoms with Crippen molar-refractivity contribution in [3.05, 3.63) is 63.9 Å². The lowest BCUT2D eigenvalue weighted by molar-refractivity contribution is -0.143. The molecule has 1 amide bonds. The lowest BCUT2D eigenvalue weighted by Gasteiger charge is -2.21. The highest BCUT2D eigenvalue weighted by Crippen LogP contribution is 2.29. The summed E-state index contributed by atoms with van der Waals surface area (Å²) >= 11 is 11.9. The second-order valence-corrected chi connectivity index (χ2v) is 6.26. The van der Waals surface area contributed by atoms with Crippen molar-refractivity contribution in [2.45, 2.75) is 25.5 Å². The summed E-state index contributed by atoms with van der Waals surface area (Å²) in [4.78, 5) is 24.0. The number of carboxylic acid groups (broad SMARTS) is 1. The minimum absolute atomic E-state index is 0.233. The zero-order valence-electron chi connectivity index (χ0n) is 13.7. The van der Waals surface area contributed by atoms with E-state index in [1.54, 1.807) is 13.0 Å². The van der Waals surface area contributed by atoms with Crippen LogP contribution in [0.25, 0.3) is 0 Å². The molecule has 26 heavy (non-hydrogen) atoms. The number of carbonyl (C=O) groups excluding carboxylic acids is 1. The van der Waals surface area contributed by atoms with Gasteiger partial charge in [0.15, 0.2) is 12.1 Å². The predicted molar refractivity (Wildman–Crippen MR) is 96.1 cm³/mol. The molecule has 0 bridgehead atoms. The highest BCUT2D eigenvalue weighted by molar-refractivity contribution is 6.35. The van der Waals surface area contributed by atoms with E-state index in [-0.39, 0.29) is 22.8 Å². The van der Waals surface area contributed by atoms with E-state index in [9.17, 15) is 19.1 Å². The van der Waals surface area contributed by atoms with Crippen molar-refractivity contribution >= 4 is 35.1 Å². The number of halogens is 3. The van der Waals surface area contributed by atoms with Gasteiger partial charge in [0.1, 0.15) is 11.6 Å². The number of carboxylic acids is 1. The molecule has 0 fully saturated rings. The van der Waals surface area contributed by atoms with E-state index in [0.717, 1.165) is 12.1 Å². The van der Waals surface area contributed by atoms with E-state index in [1.807, 2.05) is 0 Å².